The van der Waals surface area contributed by atoms with Gasteiger partial charge in [0.05, 0.1) is 11.4 Å². The fourth-order valence-corrected chi connectivity index (χ4v) is 5.59. The van der Waals surface area contributed by atoms with Crippen molar-refractivity contribution in [1.29, 1.82) is 0 Å². The number of amides is 1. The molecule has 1 unspecified atom stereocenters. The van der Waals surface area contributed by atoms with E-state index in [1.165, 1.54) is 11.1 Å². The summed E-state index contributed by atoms with van der Waals surface area (Å²) < 4.78 is 7.48. The van der Waals surface area contributed by atoms with Crippen molar-refractivity contribution in [3.63, 3.8) is 0 Å². The Kier molecular flexibility index (Phi) is 5.22. The van der Waals surface area contributed by atoms with Gasteiger partial charge in [0.15, 0.2) is 0 Å². The molecule has 0 N–H and O–H groups in total. The number of carbonyl (C=O) groups excluding carboxylic acids is 2. The first-order valence-electron chi connectivity index (χ1n) is 11.5. The minimum Gasteiger partial charge on any atom is -0.368 e. The van der Waals surface area contributed by atoms with Gasteiger partial charge in [0.1, 0.15) is 6.10 Å². The maximum atomic E-state index is 13.1. The lowest BCUT2D eigenvalue weighted by atomic mass is 9.79. The van der Waals surface area contributed by atoms with Crippen LogP contribution in [0.15, 0.2) is 30.5 Å². The van der Waals surface area contributed by atoms with Crippen molar-refractivity contribution < 1.29 is 14.3 Å². The number of hydrogen-bond acceptors (Lipinski definition) is 4. The van der Waals surface area contributed by atoms with Crippen LogP contribution in [0.4, 0.5) is 0 Å². The van der Waals surface area contributed by atoms with Crippen LogP contribution in [0.3, 0.4) is 0 Å². The molecule has 1 aromatic carbocycles. The predicted molar refractivity (Wildman–Crippen MR) is 121 cm³/mol. The lowest BCUT2D eigenvalue weighted by Crippen LogP contribution is -2.47. The highest BCUT2D eigenvalue weighted by Gasteiger charge is 2.37. The van der Waals surface area contributed by atoms with Gasteiger partial charge in [-0.2, -0.15) is 0 Å². The van der Waals surface area contributed by atoms with Crippen LogP contribution in [0.5, 0.6) is 0 Å². The van der Waals surface area contributed by atoms with Crippen LogP contribution in [-0.4, -0.2) is 71.6 Å². The van der Waals surface area contributed by atoms with Gasteiger partial charge in [-0.3, -0.25) is 19.1 Å². The summed E-state index contributed by atoms with van der Waals surface area (Å²) in [6, 6.07) is 6.43. The van der Waals surface area contributed by atoms with Crippen molar-refractivity contribution in [3.8, 4) is 0 Å². The number of likely N-dealkylation sites (N-methyl/N-ethyl adjacent to an activating group) is 1. The number of rotatable bonds is 4. The molecule has 1 amide bonds. The molecule has 3 heterocycles. The highest BCUT2D eigenvalue weighted by molar-refractivity contribution is 6.04. The summed E-state index contributed by atoms with van der Waals surface area (Å²) in [7, 11) is 2.11. The van der Waals surface area contributed by atoms with E-state index in [0.717, 1.165) is 55.4 Å². The first-order valence-corrected chi connectivity index (χ1v) is 11.5. The zero-order valence-corrected chi connectivity index (χ0v) is 18.6. The molecule has 3 atom stereocenters. The first-order chi connectivity index (χ1) is 15.0. The topological polar surface area (TPSA) is 54.8 Å². The molecule has 1 aliphatic carbocycles. The molecule has 3 aliphatic rings. The molecule has 0 radical (unpaired) electrons. The molecule has 6 heteroatoms. The number of hydrogen-bond donors (Lipinski definition) is 0. The monoisotopic (exact) mass is 421 g/mol. The molecule has 0 spiro atoms. The first kappa shape index (κ1) is 20.5. The van der Waals surface area contributed by atoms with Crippen LogP contribution in [0, 0.1) is 5.92 Å². The molecule has 2 aliphatic heterocycles. The molecule has 0 bridgehead atoms. The molecule has 1 saturated heterocycles. The van der Waals surface area contributed by atoms with Crippen LogP contribution in [-0.2, 0) is 16.0 Å². The molecule has 6 nitrogen and oxygen atoms in total. The van der Waals surface area contributed by atoms with Crippen LogP contribution in [0.2, 0.25) is 0 Å². The highest BCUT2D eigenvalue weighted by Crippen LogP contribution is 2.42. The van der Waals surface area contributed by atoms with E-state index in [-0.39, 0.29) is 29.9 Å². The van der Waals surface area contributed by atoms with Gasteiger partial charge in [0, 0.05) is 43.9 Å². The molecular weight excluding hydrogens is 390 g/mol. The number of fused-ring (bicyclic) bond motifs is 2. The average Bonchev–Trinajstić information content (AvgIpc) is 3.44. The van der Waals surface area contributed by atoms with Gasteiger partial charge in [0.2, 0.25) is 5.91 Å². The summed E-state index contributed by atoms with van der Waals surface area (Å²) in [4.78, 5) is 30.5. The summed E-state index contributed by atoms with van der Waals surface area (Å²) in [6.07, 6.45) is 6.47. The highest BCUT2D eigenvalue weighted by atomic mass is 16.5. The molecule has 0 saturated carbocycles. The minimum atomic E-state index is -0.340. The van der Waals surface area contributed by atoms with Crippen molar-refractivity contribution in [3.05, 3.63) is 41.6 Å². The Bertz CT molecular complexity index is 1060. The third-order valence-electron chi connectivity index (χ3n) is 7.22. The third kappa shape index (κ3) is 3.24. The number of nitrogens with zero attached hydrogens (tertiary/aromatic N) is 3. The van der Waals surface area contributed by atoms with Crippen molar-refractivity contribution in [1.82, 2.24) is 14.4 Å². The minimum absolute atomic E-state index is 0.0349. The van der Waals surface area contributed by atoms with Crippen LogP contribution in [0.25, 0.3) is 16.5 Å². The lowest BCUT2D eigenvalue weighted by Gasteiger charge is -2.40. The van der Waals surface area contributed by atoms with Crippen LogP contribution < -0.4 is 0 Å². The van der Waals surface area contributed by atoms with Crippen molar-refractivity contribution in [2.24, 2.45) is 5.92 Å². The Morgan fingerprint density at radius 3 is 2.74 bits per heavy atom. The number of benzene rings is 1. The molecule has 1 fully saturated rings. The van der Waals surface area contributed by atoms with Gasteiger partial charge in [0.25, 0.3) is 5.91 Å². The summed E-state index contributed by atoms with van der Waals surface area (Å²) in [6.45, 7) is 6.92. The van der Waals surface area contributed by atoms with E-state index in [4.69, 9.17) is 4.74 Å². The summed E-state index contributed by atoms with van der Waals surface area (Å²) in [5.74, 6) is 0.100. The molecule has 5 rings (SSSR count). The average molecular weight is 422 g/mol. The fourth-order valence-electron chi connectivity index (χ4n) is 5.59. The van der Waals surface area contributed by atoms with Crippen molar-refractivity contribution >= 4 is 28.3 Å². The quantitative estimate of drug-likeness (QED) is 0.761. The Hall–Kier alpha value is -2.44. The Labute approximate surface area is 183 Å². The number of carbonyl (C=O) groups is 2. The van der Waals surface area contributed by atoms with E-state index >= 15 is 0 Å². The maximum absolute atomic E-state index is 13.1. The standard InChI is InChI=1S/C25H31N3O3/c1-4-27(5-2)24(29)17-12-19-18-8-6-9-20-23(18)16(13-21(19)26(3)14-17)15-28(20)25(30)22-10-7-11-31-22/h6,8-9,12,15,17,21-22H,4-5,7,10-11,13-14H2,1-3H3/t17-,21-,22?/m1/s1. The SMILES string of the molecule is CCN(CC)C(=O)[C@@H]1C=C2c3cccc4c3c(cn4C(=O)C3CCCO3)C[C@H]2N(C)C1. The Morgan fingerprint density at radius 2 is 2.03 bits per heavy atom. The Balaban J connectivity index is 1.58. The van der Waals surface area contributed by atoms with E-state index in [1.807, 2.05) is 37.1 Å². The predicted octanol–water partition coefficient (Wildman–Crippen LogP) is 3.20. The van der Waals surface area contributed by atoms with Gasteiger partial charge in [-0.1, -0.05) is 18.2 Å². The molecular formula is C25H31N3O3. The van der Waals surface area contributed by atoms with E-state index < -0.39 is 0 Å². The smallest absolute Gasteiger partial charge is 0.260 e. The summed E-state index contributed by atoms with van der Waals surface area (Å²) in [5.41, 5.74) is 4.54. The molecule has 2 aromatic rings. The van der Waals surface area contributed by atoms with Crippen LogP contribution in [0.1, 0.15) is 42.6 Å². The Morgan fingerprint density at radius 1 is 1.23 bits per heavy atom. The van der Waals surface area contributed by atoms with E-state index in [9.17, 15) is 9.59 Å². The molecule has 1 aromatic heterocycles. The summed E-state index contributed by atoms with van der Waals surface area (Å²) in [5, 5.41) is 1.15. The third-order valence-corrected chi connectivity index (χ3v) is 7.22. The number of ether oxygens (including phenoxy) is 1. The normalized spacial score (nSPS) is 25.4. The zero-order chi connectivity index (χ0) is 21.7. The largest absolute Gasteiger partial charge is 0.368 e. The zero-order valence-electron chi connectivity index (χ0n) is 18.6. The van der Waals surface area contributed by atoms with Crippen molar-refractivity contribution in [2.75, 3.05) is 33.3 Å². The second-order valence-corrected chi connectivity index (χ2v) is 8.96. The van der Waals surface area contributed by atoms with Gasteiger partial charge >= 0.3 is 0 Å². The van der Waals surface area contributed by atoms with Gasteiger partial charge in [-0.25, -0.2) is 0 Å². The van der Waals surface area contributed by atoms with Gasteiger partial charge < -0.3 is 9.64 Å². The molecule has 31 heavy (non-hydrogen) atoms. The lowest BCUT2D eigenvalue weighted by molar-refractivity contribution is -0.134. The van der Waals surface area contributed by atoms with E-state index in [0.29, 0.717) is 6.61 Å². The van der Waals surface area contributed by atoms with Crippen molar-refractivity contribution in [2.45, 2.75) is 45.3 Å². The number of aromatic nitrogens is 1. The molecule has 164 valence electrons. The van der Waals surface area contributed by atoms with Crippen LogP contribution >= 0.6 is 0 Å². The van der Waals surface area contributed by atoms with E-state index in [2.05, 4.69) is 24.1 Å². The fraction of sp³-hybridized carbons (Fsp3) is 0.520. The second kappa shape index (κ2) is 7.92. The summed E-state index contributed by atoms with van der Waals surface area (Å²) >= 11 is 0. The van der Waals surface area contributed by atoms with E-state index in [1.54, 1.807) is 4.57 Å². The second-order valence-electron chi connectivity index (χ2n) is 8.96. The maximum Gasteiger partial charge on any atom is 0.260 e. The van der Waals surface area contributed by atoms with Gasteiger partial charge in [-0.15, -0.1) is 0 Å². The van der Waals surface area contributed by atoms with Gasteiger partial charge in [-0.05, 0) is 62.9 Å².